The summed E-state index contributed by atoms with van der Waals surface area (Å²) in [6.07, 6.45) is 0.279. The molecule has 4 rings (SSSR count). The summed E-state index contributed by atoms with van der Waals surface area (Å²) in [4.78, 5) is 42.1. The molecule has 1 aliphatic heterocycles. The maximum Gasteiger partial charge on any atom is 0.257 e. The minimum atomic E-state index is -0.980. The van der Waals surface area contributed by atoms with E-state index in [-0.39, 0.29) is 18.5 Å². The number of rotatable bonds is 7. The van der Waals surface area contributed by atoms with Crippen molar-refractivity contribution in [2.24, 2.45) is 0 Å². The summed E-state index contributed by atoms with van der Waals surface area (Å²) < 4.78 is 18.6. The second-order valence-electron chi connectivity index (χ2n) is 7.87. The van der Waals surface area contributed by atoms with Gasteiger partial charge in [-0.3, -0.25) is 14.4 Å². The number of carbonyl (C=O) groups is 3. The largest absolute Gasteiger partial charge is 0.497 e. The van der Waals surface area contributed by atoms with E-state index in [9.17, 15) is 18.8 Å². The molecule has 0 N–H and O–H groups in total. The van der Waals surface area contributed by atoms with Gasteiger partial charge in [-0.05, 0) is 72.6 Å². The molecule has 0 spiro atoms. The second-order valence-corrected chi connectivity index (χ2v) is 8.31. The number of benzene rings is 3. The number of hydrogen-bond donors (Lipinski definition) is 0. The Labute approximate surface area is 201 Å². The molecule has 3 aromatic carbocycles. The molecule has 1 aliphatic rings. The zero-order valence-electron chi connectivity index (χ0n) is 18.4. The van der Waals surface area contributed by atoms with Crippen LogP contribution in [0.4, 0.5) is 10.1 Å². The minimum absolute atomic E-state index is 0.145. The molecule has 0 radical (unpaired) electrons. The highest BCUT2D eigenvalue weighted by molar-refractivity contribution is 6.30. The zero-order chi connectivity index (χ0) is 24.2. The van der Waals surface area contributed by atoms with Gasteiger partial charge >= 0.3 is 0 Å². The van der Waals surface area contributed by atoms with Crippen molar-refractivity contribution in [1.82, 2.24) is 4.90 Å². The molecule has 1 unspecified atom stereocenters. The second kappa shape index (κ2) is 10.1. The molecule has 0 aromatic heterocycles. The first-order valence-corrected chi connectivity index (χ1v) is 11.1. The van der Waals surface area contributed by atoms with Crippen LogP contribution in [0.25, 0.3) is 0 Å². The van der Waals surface area contributed by atoms with Crippen LogP contribution in [0.3, 0.4) is 0 Å². The van der Waals surface area contributed by atoms with Crippen LogP contribution >= 0.6 is 11.6 Å². The Bertz CT molecular complexity index is 1210. The fourth-order valence-corrected chi connectivity index (χ4v) is 4.17. The van der Waals surface area contributed by atoms with Gasteiger partial charge in [0.2, 0.25) is 5.91 Å². The van der Waals surface area contributed by atoms with Crippen LogP contribution in [-0.4, -0.2) is 42.3 Å². The summed E-state index contributed by atoms with van der Waals surface area (Å²) in [7, 11) is 1.52. The Morgan fingerprint density at radius 2 is 1.79 bits per heavy atom. The van der Waals surface area contributed by atoms with Crippen molar-refractivity contribution in [3.05, 3.63) is 94.8 Å². The average molecular weight is 481 g/mol. The highest BCUT2D eigenvalue weighted by atomic mass is 35.5. The number of nitrogens with zero attached hydrogens (tertiary/aromatic N) is 2. The van der Waals surface area contributed by atoms with Crippen LogP contribution in [0.15, 0.2) is 72.8 Å². The molecule has 3 amide bonds. The predicted octanol–water partition coefficient (Wildman–Crippen LogP) is 4.50. The first kappa shape index (κ1) is 23.4. The molecular weight excluding hydrogens is 459 g/mol. The summed E-state index contributed by atoms with van der Waals surface area (Å²) in [5, 5.41) is 0.562. The summed E-state index contributed by atoms with van der Waals surface area (Å²) in [5.74, 6) is -1.23. The van der Waals surface area contributed by atoms with Crippen LogP contribution in [0.1, 0.15) is 22.3 Å². The average Bonchev–Trinajstić information content (AvgIpc) is 3.13. The van der Waals surface area contributed by atoms with Gasteiger partial charge in [0.1, 0.15) is 17.6 Å². The number of imide groups is 1. The third-order valence-corrected chi connectivity index (χ3v) is 5.95. The van der Waals surface area contributed by atoms with E-state index in [0.717, 1.165) is 10.5 Å². The van der Waals surface area contributed by atoms with Crippen LogP contribution in [-0.2, 0) is 16.0 Å². The Morgan fingerprint density at radius 3 is 2.44 bits per heavy atom. The number of halogens is 2. The van der Waals surface area contributed by atoms with Crippen LogP contribution in [0, 0.1) is 5.82 Å². The fourth-order valence-electron chi connectivity index (χ4n) is 3.96. The number of amides is 3. The lowest BCUT2D eigenvalue weighted by atomic mass is 10.1. The van der Waals surface area contributed by atoms with Crippen molar-refractivity contribution < 1.29 is 23.5 Å². The summed E-state index contributed by atoms with van der Waals surface area (Å²) in [6.45, 7) is 0.177. The molecule has 0 aliphatic carbocycles. The standard InChI is InChI=1S/C26H22ClFN2O4/c1-34-22-11-9-21(10-12-22)30-24(31)16-23(26(30)33)29(14-13-17-3-2-4-19(27)15-17)25(32)18-5-7-20(28)8-6-18/h2-12,15,23H,13-14,16H2,1H3. The number of hydrogen-bond acceptors (Lipinski definition) is 4. The van der Waals surface area contributed by atoms with E-state index in [1.165, 1.54) is 36.3 Å². The van der Waals surface area contributed by atoms with E-state index in [2.05, 4.69) is 0 Å². The third kappa shape index (κ3) is 4.94. The van der Waals surface area contributed by atoms with E-state index in [0.29, 0.717) is 22.9 Å². The van der Waals surface area contributed by atoms with Crippen molar-refractivity contribution >= 4 is 35.0 Å². The van der Waals surface area contributed by atoms with Gasteiger partial charge in [-0.15, -0.1) is 0 Å². The van der Waals surface area contributed by atoms with Crippen molar-refractivity contribution in [1.29, 1.82) is 0 Å². The monoisotopic (exact) mass is 480 g/mol. The van der Waals surface area contributed by atoms with Crippen LogP contribution in [0.5, 0.6) is 5.75 Å². The molecule has 0 saturated carbocycles. The molecule has 1 heterocycles. The molecule has 0 bridgehead atoms. The van der Waals surface area contributed by atoms with Crippen LogP contribution in [0.2, 0.25) is 5.02 Å². The van der Waals surface area contributed by atoms with Gasteiger partial charge in [-0.2, -0.15) is 0 Å². The van der Waals surface area contributed by atoms with Gasteiger partial charge in [0.15, 0.2) is 0 Å². The molecule has 1 fully saturated rings. The van der Waals surface area contributed by atoms with Gasteiger partial charge in [-0.1, -0.05) is 23.7 Å². The van der Waals surface area contributed by atoms with Crippen LogP contribution < -0.4 is 9.64 Å². The maximum atomic E-state index is 13.4. The molecule has 34 heavy (non-hydrogen) atoms. The summed E-state index contributed by atoms with van der Waals surface area (Å²) in [6, 6.07) is 17.9. The Hall–Kier alpha value is -3.71. The van der Waals surface area contributed by atoms with Gasteiger partial charge in [-0.25, -0.2) is 9.29 Å². The fraction of sp³-hybridized carbons (Fsp3) is 0.192. The molecule has 1 atom stereocenters. The Kier molecular flexibility index (Phi) is 6.93. The van der Waals surface area contributed by atoms with Gasteiger partial charge in [0.05, 0.1) is 19.2 Å². The number of carbonyl (C=O) groups excluding carboxylic acids is 3. The summed E-state index contributed by atoms with van der Waals surface area (Å²) in [5.41, 5.74) is 1.52. The van der Waals surface area contributed by atoms with Gasteiger partial charge < -0.3 is 9.64 Å². The van der Waals surface area contributed by atoms with E-state index in [4.69, 9.17) is 16.3 Å². The smallest absolute Gasteiger partial charge is 0.257 e. The Morgan fingerprint density at radius 1 is 1.09 bits per heavy atom. The maximum absolute atomic E-state index is 13.4. The van der Waals surface area contributed by atoms with Crippen molar-refractivity contribution in [2.45, 2.75) is 18.9 Å². The predicted molar refractivity (Wildman–Crippen MR) is 126 cm³/mol. The molecule has 3 aromatic rings. The topological polar surface area (TPSA) is 66.9 Å². The first-order valence-electron chi connectivity index (χ1n) is 10.7. The molecule has 8 heteroatoms. The number of methoxy groups -OCH3 is 1. The van der Waals surface area contributed by atoms with Crippen molar-refractivity contribution in [2.75, 3.05) is 18.6 Å². The molecule has 6 nitrogen and oxygen atoms in total. The lowest BCUT2D eigenvalue weighted by Gasteiger charge is -2.28. The summed E-state index contributed by atoms with van der Waals surface area (Å²) >= 11 is 6.08. The highest BCUT2D eigenvalue weighted by Gasteiger charge is 2.44. The molecule has 1 saturated heterocycles. The highest BCUT2D eigenvalue weighted by Crippen LogP contribution is 2.28. The lowest BCUT2D eigenvalue weighted by Crippen LogP contribution is -2.46. The van der Waals surface area contributed by atoms with Crippen molar-refractivity contribution in [3.8, 4) is 5.75 Å². The molecular formula is C26H22ClFN2O4. The molecule has 174 valence electrons. The van der Waals surface area contributed by atoms with Gasteiger partial charge in [0, 0.05) is 17.1 Å². The van der Waals surface area contributed by atoms with Crippen molar-refractivity contribution in [3.63, 3.8) is 0 Å². The SMILES string of the molecule is COc1ccc(N2C(=O)CC(N(CCc3cccc(Cl)c3)C(=O)c3ccc(F)cc3)C2=O)cc1. The van der Waals surface area contributed by atoms with E-state index in [1.807, 2.05) is 6.07 Å². The number of ether oxygens (including phenoxy) is 1. The Balaban J connectivity index is 1.62. The van der Waals surface area contributed by atoms with Gasteiger partial charge in [0.25, 0.3) is 11.8 Å². The lowest BCUT2D eigenvalue weighted by molar-refractivity contribution is -0.122. The number of anilines is 1. The normalized spacial score (nSPS) is 15.5. The first-order chi connectivity index (χ1) is 16.4. The zero-order valence-corrected chi connectivity index (χ0v) is 19.2. The quantitative estimate of drug-likeness (QED) is 0.467. The van der Waals surface area contributed by atoms with E-state index < -0.39 is 29.6 Å². The third-order valence-electron chi connectivity index (χ3n) is 5.71. The minimum Gasteiger partial charge on any atom is -0.497 e. The van der Waals surface area contributed by atoms with E-state index >= 15 is 0 Å². The van der Waals surface area contributed by atoms with E-state index in [1.54, 1.807) is 42.5 Å².